The molecule has 8 heteroatoms. The second-order valence-corrected chi connectivity index (χ2v) is 13.5. The fourth-order valence-corrected chi connectivity index (χ4v) is 11.0. The summed E-state index contributed by atoms with van der Waals surface area (Å²) in [6, 6.07) is 27.1. The van der Waals surface area contributed by atoms with E-state index >= 15 is 0 Å². The Bertz CT molecular complexity index is 1680. The number of benzene rings is 3. The Labute approximate surface area is 238 Å². The number of fused-ring (bicyclic) bond motifs is 9. The van der Waals surface area contributed by atoms with E-state index in [2.05, 4.69) is 12.1 Å². The van der Waals surface area contributed by atoms with Crippen LogP contribution < -0.4 is 9.77 Å². The van der Waals surface area contributed by atoms with Gasteiger partial charge in [0.1, 0.15) is 0 Å². The van der Waals surface area contributed by atoms with E-state index < -0.39 is 0 Å². The first-order valence-corrected chi connectivity index (χ1v) is 15.3. The summed E-state index contributed by atoms with van der Waals surface area (Å²) in [5.41, 5.74) is 2.63. The Morgan fingerprint density at radius 3 is 2.08 bits per heavy atom. The average Bonchev–Trinajstić information content (AvgIpc) is 3.68. The minimum Gasteiger partial charge on any atom is -0.274 e. The number of aromatic nitrogens is 1. The van der Waals surface area contributed by atoms with Gasteiger partial charge in [-0.05, 0) is 66.1 Å². The van der Waals surface area contributed by atoms with Crippen molar-refractivity contribution < 1.29 is 9.59 Å². The predicted molar refractivity (Wildman–Crippen MR) is 154 cm³/mol. The monoisotopic (exact) mass is 570 g/mol. The van der Waals surface area contributed by atoms with Gasteiger partial charge in [0, 0.05) is 21.1 Å². The summed E-state index contributed by atoms with van der Waals surface area (Å²) in [5, 5.41) is 1.71. The third kappa shape index (κ3) is 3.30. The number of hydrogen-bond donors (Lipinski definition) is 0. The molecule has 5 nitrogen and oxygen atoms in total. The number of nitrogens with zero attached hydrogens (tertiary/aromatic N) is 2. The van der Waals surface area contributed by atoms with Crippen LogP contribution in [0.2, 0.25) is 5.02 Å². The highest BCUT2D eigenvalue weighted by Crippen LogP contribution is 2.69. The first kappa shape index (κ1) is 23.7. The van der Waals surface area contributed by atoms with Crippen LogP contribution in [0.5, 0.6) is 0 Å². The molecule has 2 bridgehead atoms. The summed E-state index contributed by atoms with van der Waals surface area (Å²) >= 11 is 9.17. The molecule has 3 fully saturated rings. The summed E-state index contributed by atoms with van der Waals surface area (Å²) in [4.78, 5) is 43.7. The van der Waals surface area contributed by atoms with E-state index in [9.17, 15) is 14.4 Å². The molecule has 2 aliphatic carbocycles. The standard InChI is InChI=1S/C31H23ClN2O3S2/c32-17-11-13-19(14-12-17)33-28(35)24-20-15-21(25(24)29(33)36)26-23(20)22(16-7-3-1-4-8-16)27-30(38-26)34(31(37)39-27)18-9-5-2-6-10-18/h1-14,20-26H,15H2/t20-,21+,22+,23-,24+,25+,26+/m1/s1. The maximum atomic E-state index is 13.9. The Hall–Kier alpha value is -3.13. The highest BCUT2D eigenvalue weighted by Gasteiger charge is 2.69. The highest BCUT2D eigenvalue weighted by atomic mass is 35.5. The van der Waals surface area contributed by atoms with Crippen molar-refractivity contribution in [1.29, 1.82) is 0 Å². The van der Waals surface area contributed by atoms with Crippen LogP contribution in [0.3, 0.4) is 0 Å². The quantitative estimate of drug-likeness (QED) is 0.274. The maximum Gasteiger partial charge on any atom is 0.312 e. The molecule has 4 aromatic rings. The van der Waals surface area contributed by atoms with Crippen LogP contribution in [0.4, 0.5) is 5.69 Å². The van der Waals surface area contributed by atoms with E-state index in [0.717, 1.165) is 22.0 Å². The fourth-order valence-electron chi connectivity index (χ4n) is 7.75. The lowest BCUT2D eigenvalue weighted by molar-refractivity contribution is -0.123. The molecule has 4 aliphatic rings. The van der Waals surface area contributed by atoms with Crippen LogP contribution in [0.1, 0.15) is 22.8 Å². The topological polar surface area (TPSA) is 59.4 Å². The molecule has 3 aromatic carbocycles. The molecule has 39 heavy (non-hydrogen) atoms. The van der Waals surface area contributed by atoms with Crippen molar-refractivity contribution in [3.05, 3.63) is 110 Å². The summed E-state index contributed by atoms with van der Waals surface area (Å²) in [6.07, 6.45) is 0.872. The number of halogens is 1. The lowest BCUT2D eigenvalue weighted by Crippen LogP contribution is -2.43. The number of thioether (sulfide) groups is 1. The van der Waals surface area contributed by atoms with Crippen molar-refractivity contribution in [2.24, 2.45) is 29.6 Å². The molecule has 7 atom stereocenters. The first-order chi connectivity index (χ1) is 19.0. The number of carbonyl (C=O) groups excluding carboxylic acids is 2. The van der Waals surface area contributed by atoms with Crippen LogP contribution in [-0.2, 0) is 9.59 Å². The molecule has 8 rings (SSSR count). The molecular weight excluding hydrogens is 548 g/mol. The van der Waals surface area contributed by atoms with Crippen molar-refractivity contribution in [3.8, 4) is 5.69 Å². The molecule has 2 amide bonds. The molecule has 3 heterocycles. The lowest BCUT2D eigenvalue weighted by atomic mass is 9.68. The Morgan fingerprint density at radius 1 is 0.744 bits per heavy atom. The van der Waals surface area contributed by atoms with Gasteiger partial charge in [-0.15, -0.1) is 11.8 Å². The SMILES string of the molecule is O=C1[C@H]2[C@@H]3C[C@@H]([C@@H]2C(=O)N1c1ccc(Cl)cc1)[C@@H]1[C@H](c2ccccc2)c2sc(=O)n(-c4ccccc4)c2S[C@@H]31. The van der Waals surface area contributed by atoms with Crippen molar-refractivity contribution in [1.82, 2.24) is 4.57 Å². The zero-order chi connectivity index (χ0) is 26.4. The normalized spacial score (nSPS) is 30.4. The summed E-state index contributed by atoms with van der Waals surface area (Å²) in [6.45, 7) is 0. The summed E-state index contributed by atoms with van der Waals surface area (Å²) in [7, 11) is 0. The van der Waals surface area contributed by atoms with Gasteiger partial charge in [0.25, 0.3) is 0 Å². The summed E-state index contributed by atoms with van der Waals surface area (Å²) < 4.78 is 1.85. The smallest absolute Gasteiger partial charge is 0.274 e. The number of para-hydroxylation sites is 1. The fraction of sp³-hybridized carbons (Fsp3) is 0.258. The van der Waals surface area contributed by atoms with E-state index in [0.29, 0.717) is 10.7 Å². The van der Waals surface area contributed by atoms with Crippen molar-refractivity contribution in [3.63, 3.8) is 0 Å². The van der Waals surface area contributed by atoms with Gasteiger partial charge in [0.2, 0.25) is 11.8 Å². The van der Waals surface area contributed by atoms with Crippen LogP contribution in [0.25, 0.3) is 5.69 Å². The van der Waals surface area contributed by atoms with Gasteiger partial charge in [-0.2, -0.15) is 0 Å². The van der Waals surface area contributed by atoms with Gasteiger partial charge in [0.15, 0.2) is 0 Å². The van der Waals surface area contributed by atoms with Crippen LogP contribution >= 0.6 is 34.7 Å². The molecule has 194 valence electrons. The molecule has 2 aliphatic heterocycles. The predicted octanol–water partition coefficient (Wildman–Crippen LogP) is 6.23. The molecule has 0 spiro atoms. The van der Waals surface area contributed by atoms with Crippen molar-refractivity contribution in [2.75, 3.05) is 4.90 Å². The third-order valence-corrected chi connectivity index (χ3v) is 12.1. The van der Waals surface area contributed by atoms with E-state index in [1.165, 1.54) is 21.8 Å². The van der Waals surface area contributed by atoms with Crippen LogP contribution in [0.15, 0.2) is 94.7 Å². The molecular formula is C31H23ClN2O3S2. The Balaban J connectivity index is 1.26. The zero-order valence-electron chi connectivity index (χ0n) is 20.6. The number of anilines is 1. The van der Waals surface area contributed by atoms with E-state index in [1.807, 2.05) is 53.1 Å². The number of carbonyl (C=O) groups is 2. The van der Waals surface area contributed by atoms with Crippen molar-refractivity contribution in [2.45, 2.75) is 22.6 Å². The molecule has 2 saturated carbocycles. The minimum atomic E-state index is -0.319. The van der Waals surface area contributed by atoms with Crippen molar-refractivity contribution >= 4 is 52.2 Å². The van der Waals surface area contributed by atoms with Gasteiger partial charge in [-0.3, -0.25) is 23.9 Å². The third-order valence-electron chi connectivity index (χ3n) is 9.13. The molecule has 0 N–H and O–H groups in total. The lowest BCUT2D eigenvalue weighted by Gasteiger charge is -2.43. The average molecular weight is 571 g/mol. The van der Waals surface area contributed by atoms with E-state index in [-0.39, 0.29) is 57.4 Å². The molecule has 1 aromatic heterocycles. The second kappa shape index (κ2) is 8.68. The van der Waals surface area contributed by atoms with Crippen LogP contribution in [-0.4, -0.2) is 21.6 Å². The Kier molecular flexibility index (Phi) is 5.28. The van der Waals surface area contributed by atoms with E-state index in [1.54, 1.807) is 36.0 Å². The second-order valence-electron chi connectivity index (χ2n) is 10.9. The minimum absolute atomic E-state index is 0.00760. The van der Waals surface area contributed by atoms with Gasteiger partial charge in [0.05, 0.1) is 28.2 Å². The number of rotatable bonds is 3. The summed E-state index contributed by atoms with van der Waals surface area (Å²) in [5.74, 6) is -0.447. The number of imide groups is 1. The molecule has 0 unspecified atom stereocenters. The first-order valence-electron chi connectivity index (χ1n) is 13.2. The van der Waals surface area contributed by atoms with Gasteiger partial charge < -0.3 is 0 Å². The number of hydrogen-bond acceptors (Lipinski definition) is 5. The van der Waals surface area contributed by atoms with Crippen LogP contribution in [0, 0.1) is 29.6 Å². The molecule has 0 radical (unpaired) electrons. The zero-order valence-corrected chi connectivity index (χ0v) is 23.0. The highest BCUT2D eigenvalue weighted by molar-refractivity contribution is 8.00. The van der Waals surface area contributed by atoms with Gasteiger partial charge in [-0.25, -0.2) is 0 Å². The largest absolute Gasteiger partial charge is 0.312 e. The Morgan fingerprint density at radius 2 is 1.38 bits per heavy atom. The maximum absolute atomic E-state index is 13.9. The molecule has 1 saturated heterocycles. The van der Waals surface area contributed by atoms with Gasteiger partial charge in [-0.1, -0.05) is 71.5 Å². The van der Waals surface area contributed by atoms with E-state index in [4.69, 9.17) is 11.6 Å². The number of amides is 2. The van der Waals surface area contributed by atoms with Gasteiger partial charge >= 0.3 is 4.87 Å². The number of thiazole rings is 1.